The third-order valence-corrected chi connectivity index (χ3v) is 4.17. The van der Waals surface area contributed by atoms with E-state index in [-0.39, 0.29) is 0 Å². The molecule has 0 amide bonds. The Balaban J connectivity index is 1.83. The third kappa shape index (κ3) is 2.37. The summed E-state index contributed by atoms with van der Waals surface area (Å²) in [7, 11) is 0. The largest absolute Gasteiger partial charge is 0.317 e. The Kier molecular flexibility index (Phi) is 3.16. The lowest BCUT2D eigenvalue weighted by Crippen LogP contribution is -2.26. The van der Waals surface area contributed by atoms with Crippen LogP contribution in [0.4, 0.5) is 0 Å². The van der Waals surface area contributed by atoms with E-state index < -0.39 is 0 Å². The van der Waals surface area contributed by atoms with Gasteiger partial charge in [0.1, 0.15) is 0 Å². The zero-order valence-corrected chi connectivity index (χ0v) is 10.4. The van der Waals surface area contributed by atoms with E-state index in [9.17, 15) is 0 Å². The molecule has 2 aromatic heterocycles. The van der Waals surface area contributed by atoms with Gasteiger partial charge in [0.25, 0.3) is 0 Å². The molecule has 88 valence electrons. The zero-order valence-electron chi connectivity index (χ0n) is 9.60. The lowest BCUT2D eigenvalue weighted by molar-refractivity contribution is 0.459. The molecule has 4 heteroatoms. The van der Waals surface area contributed by atoms with E-state index in [0.29, 0.717) is 5.92 Å². The smallest absolute Gasteiger partial charge is 0.0964 e. The Morgan fingerprint density at radius 1 is 1.29 bits per heavy atom. The van der Waals surface area contributed by atoms with Crippen LogP contribution >= 0.6 is 11.3 Å². The van der Waals surface area contributed by atoms with Crippen LogP contribution in [0.1, 0.15) is 23.8 Å². The van der Waals surface area contributed by atoms with Crippen molar-refractivity contribution >= 4 is 11.3 Å². The van der Waals surface area contributed by atoms with E-state index in [2.05, 4.69) is 21.7 Å². The predicted octanol–water partition coefficient (Wildman–Crippen LogP) is 2.67. The highest BCUT2D eigenvalue weighted by Gasteiger charge is 2.18. The fourth-order valence-corrected chi connectivity index (χ4v) is 3.19. The van der Waals surface area contributed by atoms with Gasteiger partial charge in [-0.25, -0.2) is 4.98 Å². The van der Waals surface area contributed by atoms with Gasteiger partial charge in [-0.2, -0.15) is 0 Å². The van der Waals surface area contributed by atoms with E-state index in [4.69, 9.17) is 4.98 Å². The number of aromatic nitrogens is 2. The van der Waals surface area contributed by atoms with Crippen molar-refractivity contribution in [3.05, 3.63) is 34.9 Å². The molecule has 0 bridgehead atoms. The molecule has 0 unspecified atom stereocenters. The van der Waals surface area contributed by atoms with Gasteiger partial charge in [-0.05, 0) is 38.1 Å². The van der Waals surface area contributed by atoms with Gasteiger partial charge in [0.15, 0.2) is 0 Å². The number of hydrogen-bond acceptors (Lipinski definition) is 4. The van der Waals surface area contributed by atoms with Gasteiger partial charge < -0.3 is 5.32 Å². The summed E-state index contributed by atoms with van der Waals surface area (Å²) in [6.45, 7) is 2.24. The highest BCUT2D eigenvalue weighted by molar-refractivity contribution is 7.10. The van der Waals surface area contributed by atoms with E-state index >= 15 is 0 Å². The maximum atomic E-state index is 4.75. The minimum absolute atomic E-state index is 0.645. The maximum absolute atomic E-state index is 4.75. The number of rotatable bonds is 2. The second-order valence-electron chi connectivity index (χ2n) is 4.34. The van der Waals surface area contributed by atoms with Gasteiger partial charge in [-0.1, -0.05) is 0 Å². The van der Waals surface area contributed by atoms with Crippen molar-refractivity contribution in [3.63, 3.8) is 0 Å². The SMILES string of the molecule is c1cncc(-c2csc(C3CCNCC3)n2)c1. The second-order valence-corrected chi connectivity index (χ2v) is 5.23. The third-order valence-electron chi connectivity index (χ3n) is 3.17. The summed E-state index contributed by atoms with van der Waals surface area (Å²) in [4.78, 5) is 8.89. The first-order chi connectivity index (χ1) is 8.43. The van der Waals surface area contributed by atoms with Crippen LogP contribution in [-0.4, -0.2) is 23.1 Å². The molecule has 0 radical (unpaired) electrons. The molecule has 0 atom stereocenters. The number of piperidine rings is 1. The van der Waals surface area contributed by atoms with Crippen molar-refractivity contribution in [2.75, 3.05) is 13.1 Å². The summed E-state index contributed by atoms with van der Waals surface area (Å²) in [5.41, 5.74) is 2.18. The van der Waals surface area contributed by atoms with Crippen LogP contribution in [-0.2, 0) is 0 Å². The Labute approximate surface area is 105 Å². The first-order valence-corrected chi connectivity index (χ1v) is 6.88. The molecule has 1 saturated heterocycles. The van der Waals surface area contributed by atoms with Gasteiger partial charge in [0.05, 0.1) is 10.7 Å². The highest BCUT2D eigenvalue weighted by atomic mass is 32.1. The van der Waals surface area contributed by atoms with E-state index in [1.165, 1.54) is 17.8 Å². The number of pyridine rings is 1. The molecule has 2 aromatic rings. The Morgan fingerprint density at radius 2 is 2.18 bits per heavy atom. The first kappa shape index (κ1) is 10.9. The zero-order chi connectivity index (χ0) is 11.5. The molecule has 3 heterocycles. The molecule has 17 heavy (non-hydrogen) atoms. The molecule has 0 saturated carbocycles. The average Bonchev–Trinajstić information content (AvgIpc) is 2.90. The quantitative estimate of drug-likeness (QED) is 0.884. The lowest BCUT2D eigenvalue weighted by Gasteiger charge is -2.20. The summed E-state index contributed by atoms with van der Waals surface area (Å²) >= 11 is 1.78. The van der Waals surface area contributed by atoms with Crippen LogP contribution in [0.5, 0.6) is 0 Å². The number of thiazole rings is 1. The average molecular weight is 245 g/mol. The summed E-state index contributed by atoms with van der Waals surface area (Å²) < 4.78 is 0. The Hall–Kier alpha value is -1.26. The normalized spacial score (nSPS) is 17.2. The summed E-state index contributed by atoms with van der Waals surface area (Å²) in [6, 6.07) is 4.02. The standard InChI is InChI=1S/C13H15N3S/c1-2-11(8-15-5-1)12-9-17-13(16-12)10-3-6-14-7-4-10/h1-2,5,8-10,14H,3-4,6-7H2. The van der Waals surface area contributed by atoms with Crippen molar-refractivity contribution in [1.82, 2.24) is 15.3 Å². The van der Waals surface area contributed by atoms with Gasteiger partial charge in [-0.15, -0.1) is 11.3 Å². The summed E-state index contributed by atoms with van der Waals surface area (Å²) in [5.74, 6) is 0.645. The van der Waals surface area contributed by atoms with Crippen molar-refractivity contribution in [1.29, 1.82) is 0 Å². The van der Waals surface area contributed by atoms with Crippen LogP contribution in [0.3, 0.4) is 0 Å². The predicted molar refractivity (Wildman–Crippen MR) is 70.2 cm³/mol. The van der Waals surface area contributed by atoms with Crippen molar-refractivity contribution in [3.8, 4) is 11.3 Å². The fraction of sp³-hybridized carbons (Fsp3) is 0.385. The minimum atomic E-state index is 0.645. The van der Waals surface area contributed by atoms with E-state index in [1.807, 2.05) is 12.3 Å². The fourth-order valence-electron chi connectivity index (χ4n) is 2.19. The Bertz CT molecular complexity index is 474. The number of hydrogen-bond donors (Lipinski definition) is 1. The molecular formula is C13H15N3S. The molecule has 0 spiro atoms. The molecule has 1 aliphatic rings. The van der Waals surface area contributed by atoms with Crippen LogP contribution < -0.4 is 5.32 Å². The van der Waals surface area contributed by atoms with E-state index in [1.54, 1.807) is 17.5 Å². The number of nitrogens with one attached hydrogen (secondary N) is 1. The van der Waals surface area contributed by atoms with Crippen LogP contribution in [0, 0.1) is 0 Å². The monoisotopic (exact) mass is 245 g/mol. The molecule has 1 aliphatic heterocycles. The topological polar surface area (TPSA) is 37.8 Å². The van der Waals surface area contributed by atoms with Crippen molar-refractivity contribution in [2.45, 2.75) is 18.8 Å². The van der Waals surface area contributed by atoms with Crippen LogP contribution in [0.25, 0.3) is 11.3 Å². The van der Waals surface area contributed by atoms with Gasteiger partial charge >= 0.3 is 0 Å². The van der Waals surface area contributed by atoms with Crippen LogP contribution in [0.2, 0.25) is 0 Å². The maximum Gasteiger partial charge on any atom is 0.0964 e. The summed E-state index contributed by atoms with van der Waals surface area (Å²) in [6.07, 6.45) is 6.09. The van der Waals surface area contributed by atoms with E-state index in [0.717, 1.165) is 24.3 Å². The second kappa shape index (κ2) is 4.94. The van der Waals surface area contributed by atoms with Gasteiger partial charge in [0, 0.05) is 29.3 Å². The van der Waals surface area contributed by atoms with Crippen LogP contribution in [0.15, 0.2) is 29.9 Å². The molecule has 0 aliphatic carbocycles. The minimum Gasteiger partial charge on any atom is -0.317 e. The molecular weight excluding hydrogens is 230 g/mol. The molecule has 3 nitrogen and oxygen atoms in total. The molecule has 0 aromatic carbocycles. The van der Waals surface area contributed by atoms with Crippen molar-refractivity contribution < 1.29 is 0 Å². The first-order valence-electron chi connectivity index (χ1n) is 6.00. The lowest BCUT2D eigenvalue weighted by atomic mass is 9.99. The molecule has 1 N–H and O–H groups in total. The molecule has 3 rings (SSSR count). The van der Waals surface area contributed by atoms with Crippen molar-refractivity contribution in [2.24, 2.45) is 0 Å². The Morgan fingerprint density at radius 3 is 2.94 bits per heavy atom. The van der Waals surface area contributed by atoms with Gasteiger partial charge in [-0.3, -0.25) is 4.98 Å². The summed E-state index contributed by atoms with van der Waals surface area (Å²) in [5, 5.41) is 6.82. The number of nitrogens with zero attached hydrogens (tertiary/aromatic N) is 2. The highest BCUT2D eigenvalue weighted by Crippen LogP contribution is 2.30. The molecule has 1 fully saturated rings. The van der Waals surface area contributed by atoms with Gasteiger partial charge in [0.2, 0.25) is 0 Å².